The van der Waals surface area contributed by atoms with Crippen LogP contribution in [0.5, 0.6) is 5.75 Å². The molecule has 0 aliphatic carbocycles. The second-order valence-corrected chi connectivity index (χ2v) is 6.87. The van der Waals surface area contributed by atoms with Gasteiger partial charge in [0, 0.05) is 40.2 Å². The lowest BCUT2D eigenvalue weighted by Gasteiger charge is -2.06. The van der Waals surface area contributed by atoms with Gasteiger partial charge in [0.05, 0.1) is 18.3 Å². The number of nitrogens with zero attached hydrogens (tertiary/aromatic N) is 1. The van der Waals surface area contributed by atoms with Gasteiger partial charge >= 0.3 is 0 Å². The smallest absolute Gasteiger partial charge is 0.118 e. The van der Waals surface area contributed by atoms with Crippen molar-refractivity contribution < 1.29 is 4.74 Å². The van der Waals surface area contributed by atoms with Gasteiger partial charge in [0.1, 0.15) is 5.75 Å². The second-order valence-electron chi connectivity index (χ2n) is 6.87. The molecule has 4 heteroatoms. The molecule has 2 N–H and O–H groups in total. The van der Waals surface area contributed by atoms with Crippen molar-refractivity contribution in [2.45, 2.75) is 19.4 Å². The van der Waals surface area contributed by atoms with Crippen molar-refractivity contribution in [1.29, 1.82) is 0 Å². The zero-order valence-corrected chi connectivity index (χ0v) is 14.8. The normalized spacial score (nSPS) is 14.3. The van der Waals surface area contributed by atoms with E-state index in [1.54, 1.807) is 7.11 Å². The molecule has 130 valence electrons. The molecule has 2 aromatic heterocycles. The van der Waals surface area contributed by atoms with Gasteiger partial charge in [-0.1, -0.05) is 12.1 Å². The van der Waals surface area contributed by atoms with Crippen LogP contribution in [0.1, 0.15) is 17.7 Å². The molecule has 0 radical (unpaired) electrons. The third-order valence-corrected chi connectivity index (χ3v) is 5.34. The molecular weight excluding hydrogens is 322 g/mol. The summed E-state index contributed by atoms with van der Waals surface area (Å²) in [4.78, 5) is 8.38. The van der Waals surface area contributed by atoms with Gasteiger partial charge in [-0.2, -0.15) is 0 Å². The molecular formula is C22H21N3O. The van der Waals surface area contributed by atoms with Crippen molar-refractivity contribution in [1.82, 2.24) is 15.3 Å². The van der Waals surface area contributed by atoms with Gasteiger partial charge in [0.25, 0.3) is 0 Å². The molecule has 0 spiro atoms. The maximum absolute atomic E-state index is 5.26. The molecule has 0 saturated heterocycles. The number of aromatic amines is 1. The fourth-order valence-corrected chi connectivity index (χ4v) is 3.93. The molecule has 0 bridgehead atoms. The van der Waals surface area contributed by atoms with Crippen molar-refractivity contribution in [3.63, 3.8) is 0 Å². The quantitative estimate of drug-likeness (QED) is 0.566. The lowest BCUT2D eigenvalue weighted by Crippen LogP contribution is -2.11. The molecule has 1 aliphatic rings. The van der Waals surface area contributed by atoms with Crippen LogP contribution in [0.4, 0.5) is 0 Å². The molecule has 1 aliphatic heterocycles. The van der Waals surface area contributed by atoms with Gasteiger partial charge in [-0.25, -0.2) is 0 Å². The average Bonchev–Trinajstić information content (AvgIpc) is 2.89. The Kier molecular flexibility index (Phi) is 3.64. The Morgan fingerprint density at radius 1 is 1.04 bits per heavy atom. The van der Waals surface area contributed by atoms with E-state index in [1.165, 1.54) is 39.4 Å². The van der Waals surface area contributed by atoms with Crippen molar-refractivity contribution >= 4 is 21.7 Å². The Morgan fingerprint density at radius 3 is 2.77 bits per heavy atom. The maximum atomic E-state index is 5.26. The Hall–Kier alpha value is -2.85. The van der Waals surface area contributed by atoms with Crippen molar-refractivity contribution in [2.24, 2.45) is 0 Å². The molecule has 0 amide bonds. The fraction of sp³-hybridized carbons (Fsp3) is 0.227. The maximum Gasteiger partial charge on any atom is 0.118 e. The van der Waals surface area contributed by atoms with E-state index in [2.05, 4.69) is 45.6 Å². The molecule has 0 fully saturated rings. The van der Waals surface area contributed by atoms with E-state index in [0.29, 0.717) is 0 Å². The molecule has 3 heterocycles. The summed E-state index contributed by atoms with van der Waals surface area (Å²) >= 11 is 0. The molecule has 0 atom stereocenters. The highest BCUT2D eigenvalue weighted by Gasteiger charge is 2.16. The summed E-state index contributed by atoms with van der Waals surface area (Å²) in [7, 11) is 1.68. The zero-order valence-electron chi connectivity index (χ0n) is 14.8. The number of hydrogen-bond acceptors (Lipinski definition) is 3. The van der Waals surface area contributed by atoms with E-state index in [4.69, 9.17) is 4.74 Å². The predicted molar refractivity (Wildman–Crippen MR) is 106 cm³/mol. The number of pyridine rings is 1. The van der Waals surface area contributed by atoms with Gasteiger partial charge < -0.3 is 15.0 Å². The third kappa shape index (κ3) is 2.45. The Balaban J connectivity index is 1.69. The van der Waals surface area contributed by atoms with Crippen LogP contribution in [0.25, 0.3) is 32.9 Å². The number of aryl methyl sites for hydroxylation is 1. The van der Waals surface area contributed by atoms with Gasteiger partial charge in [-0.15, -0.1) is 0 Å². The number of aromatic nitrogens is 2. The SMILES string of the molecule is COc1ccc(-c2cc3c(ccc4c5c([nH]c43)CCCNC5)cn2)cc1. The van der Waals surface area contributed by atoms with Crippen molar-refractivity contribution in [3.8, 4) is 17.0 Å². The highest BCUT2D eigenvalue weighted by atomic mass is 16.5. The van der Waals surface area contributed by atoms with Crippen LogP contribution in [0.2, 0.25) is 0 Å². The van der Waals surface area contributed by atoms with Crippen molar-refractivity contribution in [3.05, 3.63) is 59.9 Å². The minimum Gasteiger partial charge on any atom is -0.497 e. The van der Waals surface area contributed by atoms with Crippen LogP contribution in [0.3, 0.4) is 0 Å². The Labute approximate surface area is 152 Å². The summed E-state index contributed by atoms with van der Waals surface area (Å²) in [6, 6.07) is 14.7. The zero-order chi connectivity index (χ0) is 17.5. The summed E-state index contributed by atoms with van der Waals surface area (Å²) in [5.74, 6) is 0.859. The van der Waals surface area contributed by atoms with E-state index in [0.717, 1.165) is 36.5 Å². The highest BCUT2D eigenvalue weighted by Crippen LogP contribution is 2.32. The molecule has 4 nitrogen and oxygen atoms in total. The van der Waals surface area contributed by atoms with Crippen molar-refractivity contribution in [2.75, 3.05) is 13.7 Å². The minimum absolute atomic E-state index is 0.859. The number of hydrogen-bond donors (Lipinski definition) is 2. The van der Waals surface area contributed by atoms with Gasteiger partial charge in [0.15, 0.2) is 0 Å². The largest absolute Gasteiger partial charge is 0.497 e. The third-order valence-electron chi connectivity index (χ3n) is 5.34. The molecule has 5 rings (SSSR count). The lowest BCUT2D eigenvalue weighted by molar-refractivity contribution is 0.415. The standard InChI is InChI=1S/C22H21N3O/c1-26-16-7-4-14(5-8-16)21-11-18-15(12-24-21)6-9-17-19-13-23-10-2-3-20(19)25-22(17)18/h4-9,11-12,23,25H,2-3,10,13H2,1H3. The summed E-state index contributed by atoms with van der Waals surface area (Å²) in [6.07, 6.45) is 4.25. The summed E-state index contributed by atoms with van der Waals surface area (Å²) in [5.41, 5.74) is 6.10. The first kappa shape index (κ1) is 15.4. The Morgan fingerprint density at radius 2 is 1.92 bits per heavy atom. The lowest BCUT2D eigenvalue weighted by atomic mass is 10.0. The first-order valence-electron chi connectivity index (χ1n) is 9.11. The minimum atomic E-state index is 0.859. The van der Waals surface area contributed by atoms with Crippen LogP contribution in [-0.4, -0.2) is 23.6 Å². The number of rotatable bonds is 2. The highest BCUT2D eigenvalue weighted by molar-refractivity contribution is 6.07. The topological polar surface area (TPSA) is 49.9 Å². The van der Waals surface area contributed by atoms with Gasteiger partial charge in [0.2, 0.25) is 0 Å². The number of ether oxygens (including phenoxy) is 1. The molecule has 2 aromatic carbocycles. The van der Waals surface area contributed by atoms with E-state index in [1.807, 2.05) is 18.3 Å². The number of fused-ring (bicyclic) bond motifs is 5. The van der Waals surface area contributed by atoms with E-state index < -0.39 is 0 Å². The fourth-order valence-electron chi connectivity index (χ4n) is 3.93. The second kappa shape index (κ2) is 6.15. The van der Waals surface area contributed by atoms with Crippen LogP contribution in [0.15, 0.2) is 48.7 Å². The number of H-pyrrole nitrogens is 1. The van der Waals surface area contributed by atoms with Crippen LogP contribution >= 0.6 is 0 Å². The van der Waals surface area contributed by atoms with Crippen LogP contribution < -0.4 is 10.1 Å². The number of nitrogens with one attached hydrogen (secondary N) is 2. The summed E-state index contributed by atoms with van der Waals surface area (Å²) < 4.78 is 5.26. The monoisotopic (exact) mass is 343 g/mol. The molecule has 0 saturated carbocycles. The van der Waals surface area contributed by atoms with E-state index >= 15 is 0 Å². The van der Waals surface area contributed by atoms with Crippen LogP contribution in [0, 0.1) is 0 Å². The number of benzene rings is 2. The number of methoxy groups -OCH3 is 1. The van der Waals surface area contributed by atoms with E-state index in [9.17, 15) is 0 Å². The predicted octanol–water partition coefficient (Wildman–Crippen LogP) is 4.43. The van der Waals surface area contributed by atoms with Crippen LogP contribution in [-0.2, 0) is 13.0 Å². The van der Waals surface area contributed by atoms with Gasteiger partial charge in [-0.05, 0) is 55.3 Å². The molecule has 0 unspecified atom stereocenters. The Bertz CT molecular complexity index is 1100. The first-order chi connectivity index (χ1) is 12.8. The first-order valence-corrected chi connectivity index (χ1v) is 9.11. The average molecular weight is 343 g/mol. The summed E-state index contributed by atoms with van der Waals surface area (Å²) in [6.45, 7) is 2.03. The van der Waals surface area contributed by atoms with E-state index in [-0.39, 0.29) is 0 Å². The molecule has 26 heavy (non-hydrogen) atoms. The summed E-state index contributed by atoms with van der Waals surface area (Å²) in [5, 5.41) is 7.26. The molecule has 4 aromatic rings. The van der Waals surface area contributed by atoms with Gasteiger partial charge in [-0.3, -0.25) is 4.98 Å².